The highest BCUT2D eigenvalue weighted by molar-refractivity contribution is 7.14. The predicted molar refractivity (Wildman–Crippen MR) is 212 cm³/mol. The van der Waals surface area contributed by atoms with Crippen LogP contribution in [0.5, 0.6) is 0 Å². The van der Waals surface area contributed by atoms with E-state index in [0.29, 0.717) is 16.9 Å². The van der Waals surface area contributed by atoms with Gasteiger partial charge in [-0.15, -0.1) is 11.3 Å². The predicted octanol–water partition coefficient (Wildman–Crippen LogP) is 12.6. The SMILES string of the molecule is C=Cc1c(/C=C(\C)C2=CCCC=C2)cccc1-c1c2c(c(/C(=C/CC)c3sc(/C(O)=C(\C)O)c(CO)c3CC)c3ccccc13)CCC=C2. The zero-order valence-corrected chi connectivity index (χ0v) is 29.9. The fourth-order valence-electron chi connectivity index (χ4n) is 7.49. The van der Waals surface area contributed by atoms with Gasteiger partial charge in [0.25, 0.3) is 0 Å². The minimum atomic E-state index is -0.214. The first-order chi connectivity index (χ1) is 23.8. The Labute approximate surface area is 295 Å². The number of hydrogen-bond donors (Lipinski definition) is 3. The van der Waals surface area contributed by atoms with E-state index in [-0.39, 0.29) is 18.1 Å². The molecule has 250 valence electrons. The van der Waals surface area contributed by atoms with Crippen LogP contribution in [0.4, 0.5) is 0 Å². The van der Waals surface area contributed by atoms with Crippen LogP contribution < -0.4 is 0 Å². The van der Waals surface area contributed by atoms with Gasteiger partial charge in [0.2, 0.25) is 0 Å². The van der Waals surface area contributed by atoms with Gasteiger partial charge >= 0.3 is 0 Å². The van der Waals surface area contributed by atoms with Gasteiger partial charge in [0.05, 0.1) is 11.5 Å². The molecule has 0 saturated carbocycles. The molecule has 0 aliphatic heterocycles. The molecular weight excluding hydrogens is 621 g/mol. The molecule has 0 radical (unpaired) electrons. The standard InChI is InChI=1S/C45H46O3S/c1-6-17-39(44-33(8-3)40(27-46)45(49-44)43(48)29(5)47)42-37-23-14-12-21-35(37)41(36-22-13-15-24-38(36)42)34-25-16-20-31(32(34)7-2)26-28(4)30-18-10-9-11-19-30/h7,10,12-14,16-23,25-26,46-48H,2,6,8-9,11,15,24,27H2,1,3-5H3/b28-26+,39-17-,43-29-. The van der Waals surface area contributed by atoms with E-state index in [9.17, 15) is 15.3 Å². The lowest BCUT2D eigenvalue weighted by molar-refractivity contribution is 0.280. The first-order valence-corrected chi connectivity index (χ1v) is 18.3. The summed E-state index contributed by atoms with van der Waals surface area (Å²) >= 11 is 1.46. The summed E-state index contributed by atoms with van der Waals surface area (Å²) in [5.41, 5.74) is 13.7. The van der Waals surface area contributed by atoms with E-state index < -0.39 is 0 Å². The fraction of sp³-hybridized carbons (Fsp3) is 0.244. The van der Waals surface area contributed by atoms with Gasteiger partial charge in [-0.25, -0.2) is 0 Å². The first-order valence-electron chi connectivity index (χ1n) is 17.4. The van der Waals surface area contributed by atoms with Crippen LogP contribution in [0.25, 0.3) is 51.5 Å². The third-order valence-electron chi connectivity index (χ3n) is 9.75. The first kappa shape index (κ1) is 34.2. The number of fused-ring (bicyclic) bond motifs is 2. The Kier molecular flexibility index (Phi) is 10.4. The largest absolute Gasteiger partial charge is 0.509 e. The molecule has 6 rings (SSSR count). The second-order valence-electron chi connectivity index (χ2n) is 12.8. The second-order valence-corrected chi connectivity index (χ2v) is 13.8. The van der Waals surface area contributed by atoms with Crippen molar-refractivity contribution < 1.29 is 15.3 Å². The van der Waals surface area contributed by atoms with Crippen molar-refractivity contribution in [2.24, 2.45) is 0 Å². The van der Waals surface area contributed by atoms with E-state index in [1.165, 1.54) is 68.0 Å². The summed E-state index contributed by atoms with van der Waals surface area (Å²) in [5.74, 6) is -0.325. The molecule has 0 spiro atoms. The Hall–Kier alpha value is -4.64. The van der Waals surface area contributed by atoms with Gasteiger partial charge in [-0.3, -0.25) is 0 Å². The van der Waals surface area contributed by atoms with Crippen molar-refractivity contribution in [1.82, 2.24) is 0 Å². The van der Waals surface area contributed by atoms with E-state index in [2.05, 4.69) is 112 Å². The van der Waals surface area contributed by atoms with Gasteiger partial charge in [0.15, 0.2) is 5.76 Å². The highest BCUT2D eigenvalue weighted by atomic mass is 32.1. The lowest BCUT2D eigenvalue weighted by Crippen LogP contribution is -2.06. The van der Waals surface area contributed by atoms with Crippen LogP contribution in [0.1, 0.15) is 102 Å². The van der Waals surface area contributed by atoms with Crippen molar-refractivity contribution in [3.05, 3.63) is 145 Å². The monoisotopic (exact) mass is 666 g/mol. The van der Waals surface area contributed by atoms with Crippen LogP contribution in [0.2, 0.25) is 0 Å². The van der Waals surface area contributed by atoms with Crippen molar-refractivity contribution in [2.75, 3.05) is 0 Å². The maximum Gasteiger partial charge on any atom is 0.170 e. The second kappa shape index (κ2) is 14.9. The molecule has 0 bridgehead atoms. The van der Waals surface area contributed by atoms with Crippen molar-refractivity contribution in [1.29, 1.82) is 0 Å². The number of thiophene rings is 1. The lowest BCUT2D eigenvalue weighted by atomic mass is 9.78. The molecule has 4 aromatic rings. The van der Waals surface area contributed by atoms with Crippen molar-refractivity contribution in [3.63, 3.8) is 0 Å². The number of hydrogen-bond acceptors (Lipinski definition) is 4. The molecular formula is C45H46O3S. The Morgan fingerprint density at radius 3 is 2.35 bits per heavy atom. The Balaban J connectivity index is 1.66. The fourth-order valence-corrected chi connectivity index (χ4v) is 8.93. The highest BCUT2D eigenvalue weighted by Crippen LogP contribution is 2.48. The molecule has 2 aliphatic rings. The summed E-state index contributed by atoms with van der Waals surface area (Å²) in [6.07, 6.45) is 23.5. The number of aliphatic hydroxyl groups excluding tert-OH is 3. The van der Waals surface area contributed by atoms with Gasteiger partial charge in [-0.2, -0.15) is 0 Å². The number of rotatable bonds is 10. The highest BCUT2D eigenvalue weighted by Gasteiger charge is 2.28. The van der Waals surface area contributed by atoms with Crippen LogP contribution >= 0.6 is 11.3 Å². The molecule has 4 heteroatoms. The number of aliphatic hydroxyl groups is 3. The van der Waals surface area contributed by atoms with E-state index in [1.807, 2.05) is 6.08 Å². The number of benzene rings is 3. The van der Waals surface area contributed by atoms with E-state index >= 15 is 0 Å². The van der Waals surface area contributed by atoms with E-state index in [1.54, 1.807) is 0 Å². The molecule has 1 aromatic heterocycles. The quantitative estimate of drug-likeness (QED) is 0.148. The summed E-state index contributed by atoms with van der Waals surface area (Å²) in [7, 11) is 0. The molecule has 0 amide bonds. The molecule has 2 aliphatic carbocycles. The third kappa shape index (κ3) is 6.32. The maximum absolute atomic E-state index is 10.9. The molecule has 1 heterocycles. The van der Waals surface area contributed by atoms with Gasteiger partial charge in [-0.05, 0) is 124 Å². The van der Waals surface area contributed by atoms with Crippen LogP contribution in [0.15, 0.2) is 96.3 Å². The zero-order valence-electron chi connectivity index (χ0n) is 29.1. The maximum atomic E-state index is 10.9. The normalized spacial score (nSPS) is 15.3. The summed E-state index contributed by atoms with van der Waals surface area (Å²) in [5, 5.41) is 34.1. The molecule has 49 heavy (non-hydrogen) atoms. The summed E-state index contributed by atoms with van der Waals surface area (Å²) in [6.45, 7) is 12.0. The molecule has 0 saturated heterocycles. The van der Waals surface area contributed by atoms with Gasteiger partial charge in [0, 0.05) is 10.4 Å². The van der Waals surface area contributed by atoms with E-state index in [4.69, 9.17) is 0 Å². The van der Waals surface area contributed by atoms with Gasteiger partial charge in [-0.1, -0.05) is 111 Å². The molecule has 3 N–H and O–H groups in total. The average molecular weight is 667 g/mol. The third-order valence-corrected chi connectivity index (χ3v) is 11.1. The van der Waals surface area contributed by atoms with Crippen molar-refractivity contribution in [2.45, 2.75) is 72.8 Å². The van der Waals surface area contributed by atoms with Crippen LogP contribution in [0.3, 0.4) is 0 Å². The van der Waals surface area contributed by atoms with Crippen molar-refractivity contribution >= 4 is 51.7 Å². The molecule has 0 fully saturated rings. The Morgan fingerprint density at radius 1 is 0.898 bits per heavy atom. The van der Waals surface area contributed by atoms with Crippen molar-refractivity contribution in [3.8, 4) is 11.1 Å². The zero-order chi connectivity index (χ0) is 34.7. The van der Waals surface area contributed by atoms with E-state index in [0.717, 1.165) is 59.2 Å². The smallest absolute Gasteiger partial charge is 0.170 e. The Morgan fingerprint density at radius 2 is 1.67 bits per heavy atom. The Bertz CT molecular complexity index is 2120. The van der Waals surface area contributed by atoms with Gasteiger partial charge < -0.3 is 15.3 Å². The van der Waals surface area contributed by atoms with Crippen LogP contribution in [-0.4, -0.2) is 15.3 Å². The summed E-state index contributed by atoms with van der Waals surface area (Å²) in [4.78, 5) is 1.56. The summed E-state index contributed by atoms with van der Waals surface area (Å²) < 4.78 is 0. The molecule has 3 aromatic carbocycles. The summed E-state index contributed by atoms with van der Waals surface area (Å²) in [6, 6.07) is 15.3. The molecule has 0 unspecified atom stereocenters. The minimum Gasteiger partial charge on any atom is -0.509 e. The topological polar surface area (TPSA) is 60.7 Å². The van der Waals surface area contributed by atoms with Crippen LogP contribution in [0, 0.1) is 0 Å². The lowest BCUT2D eigenvalue weighted by Gasteiger charge is -2.26. The molecule has 3 nitrogen and oxygen atoms in total. The van der Waals surface area contributed by atoms with Crippen LogP contribution in [-0.2, 0) is 19.4 Å². The molecule has 0 atom stereocenters. The minimum absolute atomic E-state index is 0.152. The average Bonchev–Trinajstić information content (AvgIpc) is 3.51. The number of allylic oxidation sites excluding steroid dienone is 8. The van der Waals surface area contributed by atoms with Gasteiger partial charge in [0.1, 0.15) is 5.76 Å².